The molecule has 0 aliphatic carbocycles. The van der Waals surface area contributed by atoms with Gasteiger partial charge >= 0.3 is 0 Å². The molecule has 0 aromatic heterocycles. The van der Waals surface area contributed by atoms with Crippen LogP contribution in [-0.4, -0.2) is 20.0 Å². The van der Waals surface area contributed by atoms with Crippen LogP contribution in [0, 0.1) is 0 Å². The van der Waals surface area contributed by atoms with Gasteiger partial charge in [0, 0.05) is 14.2 Å². The van der Waals surface area contributed by atoms with Gasteiger partial charge < -0.3 is 9.47 Å². The molecule has 0 saturated heterocycles. The predicted octanol–water partition coefficient (Wildman–Crippen LogP) is 2.74. The number of allylic oxidation sites excluding steroid dienone is 1. The normalized spacial score (nSPS) is 12.7. The minimum atomic E-state index is -0.548. The van der Waals surface area contributed by atoms with Crippen molar-refractivity contribution in [3.8, 4) is 0 Å². The Labute approximate surface area is 75.6 Å². The average molecular weight is 172 g/mol. The fourth-order valence-electron chi connectivity index (χ4n) is 0.839. The Balaban J connectivity index is 3.76. The number of hydrogen-bond donors (Lipinski definition) is 0. The van der Waals surface area contributed by atoms with Gasteiger partial charge in [0.15, 0.2) is 5.79 Å². The van der Waals surface area contributed by atoms with E-state index in [1.165, 1.54) is 12.8 Å². The van der Waals surface area contributed by atoms with E-state index >= 15 is 0 Å². The van der Waals surface area contributed by atoms with Crippen molar-refractivity contribution in [2.24, 2.45) is 0 Å². The van der Waals surface area contributed by atoms with Crippen LogP contribution in [0.15, 0.2) is 12.2 Å². The summed E-state index contributed by atoms with van der Waals surface area (Å²) in [6.07, 6.45) is 7.61. The molecule has 0 fully saturated rings. The number of rotatable bonds is 6. The van der Waals surface area contributed by atoms with Gasteiger partial charge in [0.05, 0.1) is 0 Å². The van der Waals surface area contributed by atoms with E-state index in [4.69, 9.17) is 9.47 Å². The largest absolute Gasteiger partial charge is 0.350 e. The van der Waals surface area contributed by atoms with Crippen molar-refractivity contribution in [1.82, 2.24) is 0 Å². The van der Waals surface area contributed by atoms with Crippen LogP contribution in [0.2, 0.25) is 0 Å². The van der Waals surface area contributed by atoms with Crippen molar-refractivity contribution in [3.63, 3.8) is 0 Å². The van der Waals surface area contributed by atoms with Crippen molar-refractivity contribution in [2.45, 2.75) is 38.9 Å². The third-order valence-electron chi connectivity index (χ3n) is 1.96. The van der Waals surface area contributed by atoms with Gasteiger partial charge in [0.1, 0.15) is 0 Å². The molecule has 0 spiro atoms. The average Bonchev–Trinajstić information content (AvgIpc) is 2.12. The summed E-state index contributed by atoms with van der Waals surface area (Å²) in [5.74, 6) is -0.548. The second-order valence-corrected chi connectivity index (χ2v) is 2.97. The smallest absolute Gasteiger partial charge is 0.184 e. The van der Waals surface area contributed by atoms with Crippen LogP contribution in [-0.2, 0) is 9.47 Å². The van der Waals surface area contributed by atoms with Gasteiger partial charge in [-0.05, 0) is 19.4 Å². The molecule has 12 heavy (non-hydrogen) atoms. The molecule has 0 aliphatic heterocycles. The summed E-state index contributed by atoms with van der Waals surface area (Å²) in [4.78, 5) is 0. The first-order chi connectivity index (χ1) is 5.68. The number of hydrogen-bond acceptors (Lipinski definition) is 2. The van der Waals surface area contributed by atoms with Crippen LogP contribution in [0.4, 0.5) is 0 Å². The number of methoxy groups -OCH3 is 2. The lowest BCUT2D eigenvalue weighted by Crippen LogP contribution is -2.26. The molecule has 0 bridgehead atoms. The van der Waals surface area contributed by atoms with Crippen molar-refractivity contribution in [2.75, 3.05) is 14.2 Å². The molecule has 0 saturated carbocycles. The third-order valence-corrected chi connectivity index (χ3v) is 1.96. The molecule has 0 N–H and O–H groups in total. The molecular formula is C10H20O2. The molecule has 0 aliphatic rings. The minimum Gasteiger partial charge on any atom is -0.350 e. The van der Waals surface area contributed by atoms with Crippen LogP contribution in [0.25, 0.3) is 0 Å². The van der Waals surface area contributed by atoms with Gasteiger partial charge in [-0.2, -0.15) is 0 Å². The second kappa shape index (κ2) is 6.21. The molecule has 0 heterocycles. The maximum Gasteiger partial charge on any atom is 0.184 e. The highest BCUT2D eigenvalue weighted by atomic mass is 16.7. The Hall–Kier alpha value is -0.340. The van der Waals surface area contributed by atoms with Crippen molar-refractivity contribution in [1.29, 1.82) is 0 Å². The summed E-state index contributed by atoms with van der Waals surface area (Å²) in [5, 5.41) is 0. The summed E-state index contributed by atoms with van der Waals surface area (Å²) in [6.45, 7) is 4.08. The van der Waals surface area contributed by atoms with Crippen molar-refractivity contribution < 1.29 is 9.47 Å². The van der Waals surface area contributed by atoms with Crippen LogP contribution in [0.1, 0.15) is 33.1 Å². The molecule has 0 aromatic rings. The van der Waals surface area contributed by atoms with Gasteiger partial charge in [-0.15, -0.1) is 0 Å². The highest BCUT2D eigenvalue weighted by Crippen LogP contribution is 2.12. The van der Waals surface area contributed by atoms with E-state index in [0.717, 1.165) is 6.42 Å². The van der Waals surface area contributed by atoms with Crippen LogP contribution >= 0.6 is 0 Å². The first kappa shape index (κ1) is 11.7. The highest BCUT2D eigenvalue weighted by Gasteiger charge is 2.16. The monoisotopic (exact) mass is 172 g/mol. The molecule has 0 atom stereocenters. The van der Waals surface area contributed by atoms with Crippen molar-refractivity contribution in [3.05, 3.63) is 12.2 Å². The highest BCUT2D eigenvalue weighted by molar-refractivity contribution is 4.93. The Morgan fingerprint density at radius 2 is 1.83 bits per heavy atom. The Bertz CT molecular complexity index is 126. The molecule has 72 valence electrons. The van der Waals surface area contributed by atoms with Gasteiger partial charge in [-0.1, -0.05) is 25.8 Å². The van der Waals surface area contributed by atoms with Crippen LogP contribution < -0.4 is 0 Å². The van der Waals surface area contributed by atoms with E-state index in [1.54, 1.807) is 14.2 Å². The molecule has 0 rings (SSSR count). The van der Waals surface area contributed by atoms with E-state index < -0.39 is 5.79 Å². The quantitative estimate of drug-likeness (QED) is 0.348. The molecular weight excluding hydrogens is 152 g/mol. The Morgan fingerprint density at radius 3 is 2.25 bits per heavy atom. The summed E-state index contributed by atoms with van der Waals surface area (Å²) in [7, 11) is 3.29. The lowest BCUT2D eigenvalue weighted by atomic mass is 10.2. The third kappa shape index (κ3) is 4.52. The SMILES string of the molecule is CCCCC=CC(C)(OC)OC. The van der Waals surface area contributed by atoms with Gasteiger partial charge in [-0.25, -0.2) is 0 Å². The topological polar surface area (TPSA) is 18.5 Å². The maximum absolute atomic E-state index is 5.16. The summed E-state index contributed by atoms with van der Waals surface area (Å²) in [6, 6.07) is 0. The van der Waals surface area contributed by atoms with Crippen LogP contribution in [0.5, 0.6) is 0 Å². The Kier molecular flexibility index (Phi) is 6.03. The van der Waals surface area contributed by atoms with Gasteiger partial charge in [0.25, 0.3) is 0 Å². The zero-order chi connectivity index (χ0) is 9.45. The zero-order valence-electron chi connectivity index (χ0n) is 8.59. The molecule has 0 unspecified atom stereocenters. The number of ether oxygens (including phenoxy) is 2. The molecule has 0 radical (unpaired) electrons. The molecule has 2 nitrogen and oxygen atoms in total. The molecule has 0 aromatic carbocycles. The van der Waals surface area contributed by atoms with E-state index in [1.807, 2.05) is 13.0 Å². The van der Waals surface area contributed by atoms with Gasteiger partial charge in [0.2, 0.25) is 0 Å². The molecule has 2 heteroatoms. The lowest BCUT2D eigenvalue weighted by Gasteiger charge is -2.21. The van der Waals surface area contributed by atoms with E-state index in [-0.39, 0.29) is 0 Å². The zero-order valence-corrected chi connectivity index (χ0v) is 8.59. The van der Waals surface area contributed by atoms with Crippen molar-refractivity contribution >= 4 is 0 Å². The van der Waals surface area contributed by atoms with E-state index in [9.17, 15) is 0 Å². The maximum atomic E-state index is 5.16. The lowest BCUT2D eigenvalue weighted by molar-refractivity contribution is -0.156. The fourth-order valence-corrected chi connectivity index (χ4v) is 0.839. The predicted molar refractivity (Wildman–Crippen MR) is 51.1 cm³/mol. The standard InChI is InChI=1S/C10H20O2/c1-5-6-7-8-9-10(2,11-3)12-4/h8-9H,5-7H2,1-4H3. The number of unbranched alkanes of at least 4 members (excludes halogenated alkanes) is 2. The first-order valence-electron chi connectivity index (χ1n) is 4.46. The van der Waals surface area contributed by atoms with E-state index in [0.29, 0.717) is 0 Å². The van der Waals surface area contributed by atoms with E-state index in [2.05, 4.69) is 13.0 Å². The minimum absolute atomic E-state index is 0.548. The molecule has 0 amide bonds. The Morgan fingerprint density at radius 1 is 1.25 bits per heavy atom. The first-order valence-corrected chi connectivity index (χ1v) is 4.46. The van der Waals surface area contributed by atoms with Gasteiger partial charge in [-0.3, -0.25) is 0 Å². The summed E-state index contributed by atoms with van der Waals surface area (Å²) in [5.41, 5.74) is 0. The summed E-state index contributed by atoms with van der Waals surface area (Å²) < 4.78 is 10.3. The van der Waals surface area contributed by atoms with Crippen LogP contribution in [0.3, 0.4) is 0 Å². The second-order valence-electron chi connectivity index (χ2n) is 2.97. The summed E-state index contributed by atoms with van der Waals surface area (Å²) >= 11 is 0. The fraction of sp³-hybridized carbons (Fsp3) is 0.800.